The molecule has 3 rings (SSSR count). The topological polar surface area (TPSA) is 0 Å². The van der Waals surface area contributed by atoms with Crippen molar-refractivity contribution >= 4 is 14.8 Å². The van der Waals surface area contributed by atoms with Crippen LogP contribution in [0.4, 0.5) is 0 Å². The molecule has 0 heterocycles. The predicted molar refractivity (Wildman–Crippen MR) is 82.7 cm³/mol. The molecule has 0 aliphatic heterocycles. The molecule has 18 heavy (non-hydrogen) atoms. The normalized spacial score (nSPS) is 12.3. The van der Waals surface area contributed by atoms with Gasteiger partial charge in [0.2, 0.25) is 0 Å². The van der Waals surface area contributed by atoms with Crippen molar-refractivity contribution in [3.63, 3.8) is 0 Å². The summed E-state index contributed by atoms with van der Waals surface area (Å²) in [6.45, 7) is 4.41. The van der Waals surface area contributed by atoms with E-state index in [1.807, 2.05) is 0 Å². The summed E-state index contributed by atoms with van der Waals surface area (Å²) in [6, 6.07) is 15.6. The SMILES string of the molecule is CC(C)=C1c2ccccc2-c2ccc(CP)cc21. The second-order valence-corrected chi connectivity index (χ2v) is 5.41. The Labute approximate surface area is 111 Å². The number of hydrogen-bond acceptors (Lipinski definition) is 0. The Morgan fingerprint density at radius 1 is 0.889 bits per heavy atom. The molecule has 0 bridgehead atoms. The molecule has 1 heteroatoms. The predicted octanol–water partition coefficient (Wildman–Crippen LogP) is 4.88. The maximum absolute atomic E-state index is 2.80. The Hall–Kier alpha value is -1.39. The first-order valence-electron chi connectivity index (χ1n) is 6.33. The third-order valence-corrected chi connectivity index (χ3v) is 4.05. The smallest absolute Gasteiger partial charge is 0.00967 e. The lowest BCUT2D eigenvalue weighted by atomic mass is 9.98. The van der Waals surface area contributed by atoms with E-state index in [9.17, 15) is 0 Å². The maximum Gasteiger partial charge on any atom is -0.00967 e. The minimum atomic E-state index is 1.01. The minimum Gasteiger partial charge on any atom is -0.133 e. The quantitative estimate of drug-likeness (QED) is 0.541. The Balaban J connectivity index is 2.36. The van der Waals surface area contributed by atoms with Crippen molar-refractivity contribution in [2.75, 3.05) is 0 Å². The Morgan fingerprint density at radius 3 is 2.22 bits per heavy atom. The number of allylic oxidation sites excluding steroid dienone is 1. The fourth-order valence-corrected chi connectivity index (χ4v) is 3.03. The van der Waals surface area contributed by atoms with Gasteiger partial charge in [-0.1, -0.05) is 48.0 Å². The summed E-state index contributed by atoms with van der Waals surface area (Å²) in [6.07, 6.45) is 1.01. The first kappa shape index (κ1) is 11.7. The van der Waals surface area contributed by atoms with E-state index in [0.717, 1.165) is 6.16 Å². The lowest BCUT2D eigenvalue weighted by Gasteiger charge is -2.06. The molecule has 0 saturated heterocycles. The summed E-state index contributed by atoms with van der Waals surface area (Å²) in [4.78, 5) is 0. The molecule has 1 unspecified atom stereocenters. The van der Waals surface area contributed by atoms with Gasteiger partial charge in [0.1, 0.15) is 0 Å². The third kappa shape index (κ3) is 1.64. The Kier molecular flexibility index (Phi) is 2.84. The zero-order valence-electron chi connectivity index (χ0n) is 10.8. The largest absolute Gasteiger partial charge is 0.133 e. The highest BCUT2D eigenvalue weighted by molar-refractivity contribution is 7.15. The van der Waals surface area contributed by atoms with Crippen molar-refractivity contribution in [2.45, 2.75) is 20.0 Å². The van der Waals surface area contributed by atoms with Crippen LogP contribution in [-0.2, 0) is 6.16 Å². The van der Waals surface area contributed by atoms with Gasteiger partial charge in [0.05, 0.1) is 0 Å². The van der Waals surface area contributed by atoms with Crippen LogP contribution in [0.25, 0.3) is 16.7 Å². The number of hydrogen-bond donors (Lipinski definition) is 0. The van der Waals surface area contributed by atoms with Gasteiger partial charge >= 0.3 is 0 Å². The highest BCUT2D eigenvalue weighted by Gasteiger charge is 2.23. The van der Waals surface area contributed by atoms with Crippen LogP contribution in [0.15, 0.2) is 48.0 Å². The first-order valence-corrected chi connectivity index (χ1v) is 7.14. The third-order valence-electron chi connectivity index (χ3n) is 3.58. The summed E-state index contributed by atoms with van der Waals surface area (Å²) in [7, 11) is 2.80. The molecule has 0 amide bonds. The van der Waals surface area contributed by atoms with Gasteiger partial charge in [-0.05, 0) is 53.4 Å². The molecule has 2 aromatic carbocycles. The first-order chi connectivity index (χ1) is 8.72. The monoisotopic (exact) mass is 252 g/mol. The molecule has 0 radical (unpaired) electrons. The van der Waals surface area contributed by atoms with E-state index in [2.05, 4.69) is 65.6 Å². The van der Waals surface area contributed by atoms with E-state index >= 15 is 0 Å². The van der Waals surface area contributed by atoms with E-state index < -0.39 is 0 Å². The lowest BCUT2D eigenvalue weighted by molar-refractivity contribution is 1.37. The van der Waals surface area contributed by atoms with E-state index in [0.29, 0.717) is 0 Å². The molecule has 0 fully saturated rings. The van der Waals surface area contributed by atoms with Crippen molar-refractivity contribution in [3.8, 4) is 11.1 Å². The molecule has 2 aromatic rings. The maximum atomic E-state index is 2.80. The van der Waals surface area contributed by atoms with E-state index in [4.69, 9.17) is 0 Å². The number of rotatable bonds is 1. The summed E-state index contributed by atoms with van der Waals surface area (Å²) in [5, 5.41) is 0. The van der Waals surface area contributed by atoms with E-state index in [-0.39, 0.29) is 0 Å². The van der Waals surface area contributed by atoms with Crippen molar-refractivity contribution in [3.05, 3.63) is 64.7 Å². The minimum absolute atomic E-state index is 1.01. The molecule has 1 aliphatic carbocycles. The molecular formula is C17H17P. The van der Waals surface area contributed by atoms with Gasteiger partial charge in [-0.15, -0.1) is 9.24 Å². The average Bonchev–Trinajstić information content (AvgIpc) is 2.72. The second-order valence-electron chi connectivity index (χ2n) is 5.00. The van der Waals surface area contributed by atoms with Gasteiger partial charge in [0, 0.05) is 0 Å². The van der Waals surface area contributed by atoms with Gasteiger partial charge in [-0.25, -0.2) is 0 Å². The van der Waals surface area contributed by atoms with Crippen LogP contribution < -0.4 is 0 Å². The summed E-state index contributed by atoms with van der Waals surface area (Å²) in [5.74, 6) is 0. The zero-order chi connectivity index (χ0) is 12.7. The van der Waals surface area contributed by atoms with Crippen LogP contribution in [0.1, 0.15) is 30.5 Å². The van der Waals surface area contributed by atoms with Crippen LogP contribution in [0.2, 0.25) is 0 Å². The van der Waals surface area contributed by atoms with Crippen LogP contribution in [-0.4, -0.2) is 0 Å². The van der Waals surface area contributed by atoms with Crippen molar-refractivity contribution in [1.29, 1.82) is 0 Å². The number of benzene rings is 2. The van der Waals surface area contributed by atoms with Gasteiger partial charge in [-0.2, -0.15) is 0 Å². The van der Waals surface area contributed by atoms with E-state index in [1.165, 1.54) is 39.0 Å². The lowest BCUT2D eigenvalue weighted by Crippen LogP contribution is -1.86. The summed E-state index contributed by atoms with van der Waals surface area (Å²) >= 11 is 0. The molecular weight excluding hydrogens is 235 g/mol. The van der Waals surface area contributed by atoms with Crippen molar-refractivity contribution in [1.82, 2.24) is 0 Å². The Bertz CT molecular complexity index is 646. The Morgan fingerprint density at radius 2 is 1.56 bits per heavy atom. The van der Waals surface area contributed by atoms with Gasteiger partial charge in [0.15, 0.2) is 0 Å². The van der Waals surface area contributed by atoms with Gasteiger partial charge in [-0.3, -0.25) is 0 Å². The molecule has 0 nitrogen and oxygen atoms in total. The summed E-state index contributed by atoms with van der Waals surface area (Å²) < 4.78 is 0. The molecule has 90 valence electrons. The zero-order valence-corrected chi connectivity index (χ0v) is 12.0. The fraction of sp³-hybridized carbons (Fsp3) is 0.176. The van der Waals surface area contributed by atoms with Gasteiger partial charge < -0.3 is 0 Å². The highest BCUT2D eigenvalue weighted by Crippen LogP contribution is 2.45. The molecule has 0 N–H and O–H groups in total. The molecule has 1 aliphatic rings. The number of fused-ring (bicyclic) bond motifs is 3. The molecule has 0 aromatic heterocycles. The van der Waals surface area contributed by atoms with Crippen molar-refractivity contribution in [2.24, 2.45) is 0 Å². The van der Waals surface area contributed by atoms with Crippen LogP contribution in [0, 0.1) is 0 Å². The summed E-state index contributed by atoms with van der Waals surface area (Å²) in [5.41, 5.74) is 9.72. The van der Waals surface area contributed by atoms with Gasteiger partial charge in [0.25, 0.3) is 0 Å². The van der Waals surface area contributed by atoms with Crippen LogP contribution in [0.5, 0.6) is 0 Å². The standard InChI is InChI=1S/C17H17P/c1-11(2)17-15-6-4-3-5-13(15)14-8-7-12(10-18)9-16(14)17/h3-9H,10,18H2,1-2H3. The van der Waals surface area contributed by atoms with Crippen LogP contribution >= 0.6 is 9.24 Å². The fourth-order valence-electron chi connectivity index (χ4n) is 2.78. The average molecular weight is 252 g/mol. The van der Waals surface area contributed by atoms with Crippen LogP contribution in [0.3, 0.4) is 0 Å². The highest BCUT2D eigenvalue weighted by atomic mass is 31.0. The molecule has 0 saturated carbocycles. The van der Waals surface area contributed by atoms with E-state index in [1.54, 1.807) is 0 Å². The van der Waals surface area contributed by atoms with Crippen molar-refractivity contribution < 1.29 is 0 Å². The molecule has 1 atom stereocenters. The molecule has 0 spiro atoms. The second kappa shape index (κ2) is 4.37.